The Balaban J connectivity index is 1.56. The Hall–Kier alpha value is -2.87. The van der Waals surface area contributed by atoms with E-state index >= 15 is 0 Å². The van der Waals surface area contributed by atoms with Crippen molar-refractivity contribution in [1.82, 2.24) is 19.8 Å². The van der Waals surface area contributed by atoms with Crippen molar-refractivity contribution < 1.29 is 9.59 Å². The zero-order chi connectivity index (χ0) is 19.9. The smallest absolute Gasteiger partial charge is 0.325 e. The Kier molecular flexibility index (Phi) is 4.58. The summed E-state index contributed by atoms with van der Waals surface area (Å²) in [5.41, 5.74) is 6.35. The maximum atomic E-state index is 12.8. The van der Waals surface area contributed by atoms with Gasteiger partial charge in [-0.25, -0.2) is 9.78 Å². The molecule has 1 aromatic heterocycles. The maximum Gasteiger partial charge on any atom is 0.325 e. The number of carbonyl (C=O) groups is 2. The standard InChI is InChI=1S/C20H25N6O2/c1-14(2)23-12-17-22-9-11-24(17)15-4-6-16(7-5-15)25-13-20(18(21)27)8-3-10-26(20)19(25)28/h4-9,11,14,23H,3,10,12-13H2,1-2H3,(H2,21,27)/t20-/m1/s1. The summed E-state index contributed by atoms with van der Waals surface area (Å²) >= 11 is 0. The topological polar surface area (TPSA) is 96.5 Å². The van der Waals surface area contributed by atoms with E-state index in [-0.39, 0.29) is 12.6 Å². The summed E-state index contributed by atoms with van der Waals surface area (Å²) in [5, 5.41) is 3.37. The van der Waals surface area contributed by atoms with Crippen molar-refractivity contribution in [2.45, 2.75) is 38.4 Å². The number of urea groups is 1. The van der Waals surface area contributed by atoms with Crippen LogP contribution in [0, 0.1) is 6.42 Å². The van der Waals surface area contributed by atoms with Gasteiger partial charge in [0.1, 0.15) is 11.4 Å². The van der Waals surface area contributed by atoms with Crippen LogP contribution in [0.5, 0.6) is 0 Å². The average molecular weight is 381 g/mol. The molecule has 3 N–H and O–H groups in total. The fourth-order valence-corrected chi connectivity index (χ4v) is 3.91. The largest absolute Gasteiger partial charge is 0.368 e. The summed E-state index contributed by atoms with van der Waals surface area (Å²) in [6, 6.07) is 7.89. The van der Waals surface area contributed by atoms with E-state index in [9.17, 15) is 9.59 Å². The molecule has 2 aliphatic rings. The molecule has 2 aliphatic heterocycles. The Morgan fingerprint density at radius 1 is 1.29 bits per heavy atom. The second-order valence-electron chi connectivity index (χ2n) is 7.57. The van der Waals surface area contributed by atoms with Crippen molar-refractivity contribution >= 4 is 17.6 Å². The van der Waals surface area contributed by atoms with Crippen LogP contribution >= 0.6 is 0 Å². The number of hydrogen-bond donors (Lipinski definition) is 2. The fourth-order valence-electron chi connectivity index (χ4n) is 3.91. The van der Waals surface area contributed by atoms with Crippen molar-refractivity contribution in [3.63, 3.8) is 0 Å². The van der Waals surface area contributed by atoms with E-state index in [4.69, 9.17) is 5.73 Å². The number of nitrogens with one attached hydrogen (secondary N) is 1. The van der Waals surface area contributed by atoms with Crippen molar-refractivity contribution in [2.75, 3.05) is 18.0 Å². The summed E-state index contributed by atoms with van der Waals surface area (Å²) in [7, 11) is 0. The van der Waals surface area contributed by atoms with E-state index in [0.717, 1.165) is 17.2 Å². The van der Waals surface area contributed by atoms with Crippen molar-refractivity contribution in [1.29, 1.82) is 0 Å². The third-order valence-corrected chi connectivity index (χ3v) is 5.43. The molecule has 8 nitrogen and oxygen atoms in total. The van der Waals surface area contributed by atoms with E-state index in [1.165, 1.54) is 0 Å². The highest BCUT2D eigenvalue weighted by atomic mass is 16.2. The molecule has 1 radical (unpaired) electrons. The molecule has 1 atom stereocenters. The molecule has 3 amide bonds. The predicted octanol–water partition coefficient (Wildman–Crippen LogP) is 1.44. The van der Waals surface area contributed by atoms with Gasteiger partial charge in [0.25, 0.3) is 0 Å². The summed E-state index contributed by atoms with van der Waals surface area (Å²) in [6.45, 7) is 5.64. The number of anilines is 1. The van der Waals surface area contributed by atoms with E-state index < -0.39 is 11.4 Å². The van der Waals surface area contributed by atoms with Crippen LogP contribution < -0.4 is 16.0 Å². The molecule has 2 saturated heterocycles. The maximum absolute atomic E-state index is 12.8. The first-order chi connectivity index (χ1) is 13.4. The fraction of sp³-hybridized carbons (Fsp3) is 0.400. The van der Waals surface area contributed by atoms with Crippen LogP contribution in [0.4, 0.5) is 10.5 Å². The minimum absolute atomic E-state index is 0.176. The molecule has 3 heterocycles. The van der Waals surface area contributed by atoms with Crippen LogP contribution in [0.15, 0.2) is 36.7 Å². The number of amides is 3. The van der Waals surface area contributed by atoms with Crippen LogP contribution in [-0.4, -0.2) is 51.1 Å². The third kappa shape index (κ3) is 2.93. The lowest BCUT2D eigenvalue weighted by atomic mass is 9.96. The Morgan fingerprint density at radius 2 is 2.00 bits per heavy atom. The Labute approximate surface area is 164 Å². The SMILES string of the molecule is CC(C)NCc1nccn1-c1ccc(N2C[C@@]3(C(N)=O)[CH]CCN3C2=O)cc1. The number of carbonyl (C=O) groups excluding carboxylic acids is 2. The highest BCUT2D eigenvalue weighted by Crippen LogP contribution is 2.38. The number of imidazole rings is 1. The van der Waals surface area contributed by atoms with Gasteiger partial charge < -0.3 is 20.5 Å². The van der Waals surface area contributed by atoms with Gasteiger partial charge in [0.05, 0.1) is 13.1 Å². The van der Waals surface area contributed by atoms with Gasteiger partial charge in [0, 0.05) is 42.8 Å². The van der Waals surface area contributed by atoms with Gasteiger partial charge in [0.2, 0.25) is 5.91 Å². The van der Waals surface area contributed by atoms with Crippen LogP contribution in [0.1, 0.15) is 26.1 Å². The molecule has 0 bridgehead atoms. The first-order valence-corrected chi connectivity index (χ1v) is 9.52. The van der Waals surface area contributed by atoms with Crippen LogP contribution in [0.2, 0.25) is 0 Å². The summed E-state index contributed by atoms with van der Waals surface area (Å²) < 4.78 is 2.02. The molecule has 28 heavy (non-hydrogen) atoms. The second kappa shape index (κ2) is 6.94. The molecule has 0 saturated carbocycles. The normalized spacial score (nSPS) is 21.6. The van der Waals surface area contributed by atoms with Gasteiger partial charge in [-0.2, -0.15) is 0 Å². The third-order valence-electron chi connectivity index (χ3n) is 5.43. The van der Waals surface area contributed by atoms with E-state index in [0.29, 0.717) is 25.6 Å². The average Bonchev–Trinajstić information content (AvgIpc) is 3.36. The van der Waals surface area contributed by atoms with Crippen LogP contribution in [0.3, 0.4) is 0 Å². The number of rotatable bonds is 6. The van der Waals surface area contributed by atoms with Gasteiger partial charge in [-0.15, -0.1) is 0 Å². The molecule has 0 unspecified atom stereocenters. The number of benzene rings is 1. The molecule has 4 rings (SSSR count). The molecule has 1 aromatic carbocycles. The van der Waals surface area contributed by atoms with E-state index in [2.05, 4.69) is 24.1 Å². The van der Waals surface area contributed by atoms with Gasteiger partial charge in [-0.1, -0.05) is 13.8 Å². The number of primary amides is 1. The quantitative estimate of drug-likeness (QED) is 0.791. The monoisotopic (exact) mass is 381 g/mol. The first kappa shape index (κ1) is 18.5. The zero-order valence-corrected chi connectivity index (χ0v) is 16.1. The molecular weight excluding hydrogens is 356 g/mol. The number of fused-ring (bicyclic) bond motifs is 1. The van der Waals surface area contributed by atoms with Gasteiger partial charge >= 0.3 is 6.03 Å². The van der Waals surface area contributed by atoms with Crippen molar-refractivity contribution in [3.8, 4) is 5.69 Å². The molecule has 2 fully saturated rings. The minimum atomic E-state index is -0.990. The lowest BCUT2D eigenvalue weighted by Gasteiger charge is -2.25. The van der Waals surface area contributed by atoms with Gasteiger partial charge in [-0.3, -0.25) is 9.69 Å². The summed E-state index contributed by atoms with van der Waals surface area (Å²) in [5.74, 6) is 0.444. The molecule has 0 aliphatic carbocycles. The molecule has 147 valence electrons. The van der Waals surface area contributed by atoms with Crippen molar-refractivity contribution in [3.05, 3.63) is 48.9 Å². The first-order valence-electron chi connectivity index (χ1n) is 9.52. The van der Waals surface area contributed by atoms with Gasteiger partial charge in [0.15, 0.2) is 0 Å². The highest BCUT2D eigenvalue weighted by Gasteiger charge is 2.56. The predicted molar refractivity (Wildman–Crippen MR) is 106 cm³/mol. The zero-order valence-electron chi connectivity index (χ0n) is 16.1. The number of nitrogens with two attached hydrogens (primary N) is 1. The molecule has 0 spiro atoms. The number of nitrogens with zero attached hydrogens (tertiary/aromatic N) is 4. The van der Waals surface area contributed by atoms with Gasteiger partial charge in [-0.05, 0) is 30.7 Å². The molecular formula is C20H25N6O2. The minimum Gasteiger partial charge on any atom is -0.368 e. The second-order valence-corrected chi connectivity index (χ2v) is 7.57. The van der Waals surface area contributed by atoms with Crippen LogP contribution in [0.25, 0.3) is 5.69 Å². The molecule has 2 aromatic rings. The summed E-state index contributed by atoms with van der Waals surface area (Å²) in [4.78, 5) is 32.5. The van der Waals surface area contributed by atoms with E-state index in [1.54, 1.807) is 16.0 Å². The molecule has 8 heteroatoms. The van der Waals surface area contributed by atoms with E-state index in [1.807, 2.05) is 41.5 Å². The lowest BCUT2D eigenvalue weighted by Crippen LogP contribution is -2.53. The number of hydrogen-bond acceptors (Lipinski definition) is 4. The Morgan fingerprint density at radius 3 is 2.64 bits per heavy atom. The summed E-state index contributed by atoms with van der Waals surface area (Å²) in [6.07, 6.45) is 6.24. The van der Waals surface area contributed by atoms with Crippen molar-refractivity contribution in [2.24, 2.45) is 5.73 Å². The lowest BCUT2D eigenvalue weighted by molar-refractivity contribution is -0.124. The number of aromatic nitrogens is 2. The van der Waals surface area contributed by atoms with Crippen LogP contribution in [-0.2, 0) is 11.3 Å². The Bertz CT molecular complexity index is 890. The highest BCUT2D eigenvalue weighted by molar-refractivity contribution is 6.04.